The maximum absolute atomic E-state index is 13.4. The van der Waals surface area contributed by atoms with Crippen molar-refractivity contribution in [2.45, 2.75) is 6.92 Å². The molecular weight excluding hydrogens is 245 g/mol. The van der Waals surface area contributed by atoms with Gasteiger partial charge in [0.1, 0.15) is 12.1 Å². The Morgan fingerprint density at radius 2 is 2.00 bits per heavy atom. The van der Waals surface area contributed by atoms with E-state index in [-0.39, 0.29) is 5.56 Å². The van der Waals surface area contributed by atoms with Gasteiger partial charge in [-0.05, 0) is 36.8 Å². The van der Waals surface area contributed by atoms with Crippen LogP contribution in [0.2, 0.25) is 0 Å². The predicted molar refractivity (Wildman–Crippen MR) is 70.9 cm³/mol. The molecular formula is C15H12FNO2. The first kappa shape index (κ1) is 13.0. The van der Waals surface area contributed by atoms with Crippen LogP contribution in [0.25, 0.3) is 0 Å². The minimum Gasteiger partial charge on any atom is -0.322 e. The smallest absolute Gasteiger partial charge is 0.255 e. The van der Waals surface area contributed by atoms with Gasteiger partial charge in [-0.25, -0.2) is 4.39 Å². The number of benzene rings is 2. The Morgan fingerprint density at radius 1 is 1.21 bits per heavy atom. The molecule has 1 N–H and O–H groups in total. The van der Waals surface area contributed by atoms with Crippen molar-refractivity contribution in [2.75, 3.05) is 5.32 Å². The predicted octanol–water partition coefficient (Wildman–Crippen LogP) is 3.20. The third kappa shape index (κ3) is 3.04. The number of aldehydes is 1. The number of nitrogens with one attached hydrogen (secondary N) is 1. The number of carbonyl (C=O) groups excluding carboxylic acids is 2. The van der Waals surface area contributed by atoms with E-state index in [1.54, 1.807) is 43.3 Å². The summed E-state index contributed by atoms with van der Waals surface area (Å²) >= 11 is 0. The topological polar surface area (TPSA) is 46.2 Å². The van der Waals surface area contributed by atoms with Gasteiger partial charge in [-0.15, -0.1) is 0 Å². The number of aryl methyl sites for hydroxylation is 1. The first-order valence-corrected chi connectivity index (χ1v) is 5.73. The molecule has 0 fully saturated rings. The molecule has 0 aliphatic heterocycles. The standard InChI is InChI=1S/C15H12FNO2/c1-10-5-6-12(8-14(10)16)15(19)17-13-4-2-3-11(7-13)9-18/h2-9H,1H3,(H,17,19). The van der Waals surface area contributed by atoms with E-state index in [0.717, 1.165) is 0 Å². The van der Waals surface area contributed by atoms with Gasteiger partial charge in [0.2, 0.25) is 0 Å². The summed E-state index contributed by atoms with van der Waals surface area (Å²) in [6.45, 7) is 1.63. The Morgan fingerprint density at radius 3 is 2.68 bits per heavy atom. The fourth-order valence-corrected chi connectivity index (χ4v) is 1.63. The number of anilines is 1. The molecule has 0 aliphatic rings. The van der Waals surface area contributed by atoms with Crippen LogP contribution in [-0.2, 0) is 0 Å². The summed E-state index contributed by atoms with van der Waals surface area (Å²) in [5.74, 6) is -0.837. The van der Waals surface area contributed by atoms with Crippen LogP contribution in [0.4, 0.5) is 10.1 Å². The van der Waals surface area contributed by atoms with Crippen molar-refractivity contribution in [3.8, 4) is 0 Å². The third-order valence-electron chi connectivity index (χ3n) is 2.71. The fraction of sp³-hybridized carbons (Fsp3) is 0.0667. The van der Waals surface area contributed by atoms with Gasteiger partial charge in [-0.2, -0.15) is 0 Å². The molecule has 2 aromatic rings. The van der Waals surface area contributed by atoms with Crippen LogP contribution in [0.15, 0.2) is 42.5 Å². The molecule has 3 nitrogen and oxygen atoms in total. The summed E-state index contributed by atoms with van der Waals surface area (Å²) in [6.07, 6.45) is 0.696. The Hall–Kier alpha value is -2.49. The largest absolute Gasteiger partial charge is 0.322 e. The monoisotopic (exact) mass is 257 g/mol. The molecule has 0 radical (unpaired) electrons. The lowest BCUT2D eigenvalue weighted by atomic mass is 10.1. The van der Waals surface area contributed by atoms with Crippen molar-refractivity contribution in [1.29, 1.82) is 0 Å². The molecule has 1 amide bonds. The first-order chi connectivity index (χ1) is 9.10. The van der Waals surface area contributed by atoms with Crippen LogP contribution in [0.3, 0.4) is 0 Å². The number of hydrogen-bond donors (Lipinski definition) is 1. The number of hydrogen-bond acceptors (Lipinski definition) is 2. The number of carbonyl (C=O) groups is 2. The van der Waals surface area contributed by atoms with Crippen molar-refractivity contribution in [3.63, 3.8) is 0 Å². The van der Waals surface area contributed by atoms with Crippen LogP contribution in [0, 0.1) is 12.7 Å². The zero-order valence-corrected chi connectivity index (χ0v) is 10.3. The first-order valence-electron chi connectivity index (χ1n) is 5.73. The Kier molecular flexibility index (Phi) is 3.71. The molecule has 0 atom stereocenters. The van der Waals surface area contributed by atoms with E-state index in [1.807, 2.05) is 0 Å². The average molecular weight is 257 g/mol. The van der Waals surface area contributed by atoms with Crippen LogP contribution in [0.1, 0.15) is 26.3 Å². The van der Waals surface area contributed by atoms with E-state index in [1.165, 1.54) is 6.07 Å². The lowest BCUT2D eigenvalue weighted by Gasteiger charge is -2.06. The highest BCUT2D eigenvalue weighted by molar-refractivity contribution is 6.04. The van der Waals surface area contributed by atoms with Crippen LogP contribution in [0.5, 0.6) is 0 Å². The molecule has 0 heterocycles. The summed E-state index contributed by atoms with van der Waals surface area (Å²) in [6, 6.07) is 10.8. The highest BCUT2D eigenvalue weighted by Gasteiger charge is 2.08. The van der Waals surface area contributed by atoms with E-state index >= 15 is 0 Å². The molecule has 0 bridgehead atoms. The quantitative estimate of drug-likeness (QED) is 0.858. The van der Waals surface area contributed by atoms with Crippen molar-refractivity contribution >= 4 is 17.9 Å². The van der Waals surface area contributed by atoms with Crippen LogP contribution >= 0.6 is 0 Å². The molecule has 0 spiro atoms. The third-order valence-corrected chi connectivity index (χ3v) is 2.71. The van der Waals surface area contributed by atoms with Crippen molar-refractivity contribution in [3.05, 3.63) is 65.0 Å². The zero-order chi connectivity index (χ0) is 13.8. The number of rotatable bonds is 3. The Labute approximate surface area is 110 Å². The molecule has 0 aromatic heterocycles. The summed E-state index contributed by atoms with van der Waals surface area (Å²) < 4.78 is 13.4. The molecule has 0 aliphatic carbocycles. The molecule has 0 saturated heterocycles. The van der Waals surface area contributed by atoms with Crippen LogP contribution in [-0.4, -0.2) is 12.2 Å². The maximum atomic E-state index is 13.4. The Balaban J connectivity index is 2.20. The lowest BCUT2D eigenvalue weighted by Crippen LogP contribution is -2.12. The summed E-state index contributed by atoms with van der Waals surface area (Å²) in [4.78, 5) is 22.5. The molecule has 2 aromatic carbocycles. The maximum Gasteiger partial charge on any atom is 0.255 e. The molecule has 4 heteroatoms. The van der Waals surface area contributed by atoms with Gasteiger partial charge in [-0.3, -0.25) is 9.59 Å². The number of amides is 1. The van der Waals surface area contributed by atoms with Gasteiger partial charge in [0, 0.05) is 16.8 Å². The normalized spacial score (nSPS) is 10.0. The van der Waals surface area contributed by atoms with Gasteiger partial charge >= 0.3 is 0 Å². The van der Waals surface area contributed by atoms with Gasteiger partial charge in [0.15, 0.2) is 0 Å². The second-order valence-corrected chi connectivity index (χ2v) is 4.16. The van der Waals surface area contributed by atoms with E-state index in [2.05, 4.69) is 5.32 Å². The molecule has 19 heavy (non-hydrogen) atoms. The summed E-state index contributed by atoms with van der Waals surface area (Å²) in [5.41, 5.74) is 1.68. The summed E-state index contributed by atoms with van der Waals surface area (Å²) in [7, 11) is 0. The van der Waals surface area contributed by atoms with Gasteiger partial charge < -0.3 is 5.32 Å². The van der Waals surface area contributed by atoms with E-state index < -0.39 is 11.7 Å². The van der Waals surface area contributed by atoms with Crippen molar-refractivity contribution in [2.24, 2.45) is 0 Å². The second kappa shape index (κ2) is 5.44. The highest BCUT2D eigenvalue weighted by Crippen LogP contribution is 2.13. The minimum absolute atomic E-state index is 0.236. The number of halogens is 1. The fourth-order valence-electron chi connectivity index (χ4n) is 1.63. The Bertz CT molecular complexity index is 638. The zero-order valence-electron chi connectivity index (χ0n) is 10.3. The van der Waals surface area contributed by atoms with E-state index in [0.29, 0.717) is 23.1 Å². The van der Waals surface area contributed by atoms with Gasteiger partial charge in [0.25, 0.3) is 5.91 Å². The second-order valence-electron chi connectivity index (χ2n) is 4.16. The molecule has 96 valence electrons. The molecule has 0 saturated carbocycles. The lowest BCUT2D eigenvalue weighted by molar-refractivity contribution is 0.102. The van der Waals surface area contributed by atoms with Crippen molar-refractivity contribution < 1.29 is 14.0 Å². The summed E-state index contributed by atoms with van der Waals surface area (Å²) in [5, 5.41) is 2.62. The highest BCUT2D eigenvalue weighted by atomic mass is 19.1. The van der Waals surface area contributed by atoms with Crippen molar-refractivity contribution in [1.82, 2.24) is 0 Å². The van der Waals surface area contributed by atoms with E-state index in [9.17, 15) is 14.0 Å². The average Bonchev–Trinajstić information content (AvgIpc) is 2.42. The molecule has 2 rings (SSSR count). The van der Waals surface area contributed by atoms with Crippen LogP contribution < -0.4 is 5.32 Å². The SMILES string of the molecule is Cc1ccc(C(=O)Nc2cccc(C=O)c2)cc1F. The van der Waals surface area contributed by atoms with Gasteiger partial charge in [-0.1, -0.05) is 18.2 Å². The van der Waals surface area contributed by atoms with E-state index in [4.69, 9.17) is 0 Å². The minimum atomic E-state index is -0.422. The molecule has 0 unspecified atom stereocenters. The van der Waals surface area contributed by atoms with Gasteiger partial charge in [0.05, 0.1) is 0 Å².